The molecule has 0 bridgehead atoms. The zero-order chi connectivity index (χ0) is 19.2. The zero-order valence-electron chi connectivity index (χ0n) is 16.0. The number of fused-ring (bicyclic) bond motifs is 1. The van der Waals surface area contributed by atoms with Gasteiger partial charge in [-0.15, -0.1) is 0 Å². The Morgan fingerprint density at radius 1 is 1.19 bits per heavy atom. The molecular formula is C18H29N3O4S. The number of rotatable bonds is 5. The number of sulfone groups is 1. The number of nitrogens with zero attached hydrogens (tertiary/aromatic N) is 1. The van der Waals surface area contributed by atoms with E-state index >= 15 is 0 Å². The average Bonchev–Trinajstić information content (AvgIpc) is 2.78. The van der Waals surface area contributed by atoms with Crippen molar-refractivity contribution in [3.63, 3.8) is 0 Å². The Morgan fingerprint density at radius 2 is 1.88 bits per heavy atom. The Kier molecular flexibility index (Phi) is 6.75. The summed E-state index contributed by atoms with van der Waals surface area (Å²) in [6.07, 6.45) is 0.851. The fraction of sp³-hybridized carbons (Fsp3) is 0.611. The zero-order valence-corrected chi connectivity index (χ0v) is 16.8. The van der Waals surface area contributed by atoms with E-state index in [0.29, 0.717) is 31.5 Å². The number of hydrogen-bond donors (Lipinski definition) is 2. The third-order valence-electron chi connectivity index (χ3n) is 3.92. The number of hydrogen-bond acceptors (Lipinski definition) is 5. The molecule has 1 aromatic carbocycles. The van der Waals surface area contributed by atoms with Gasteiger partial charge in [-0.05, 0) is 39.8 Å². The fourth-order valence-electron chi connectivity index (χ4n) is 2.27. The summed E-state index contributed by atoms with van der Waals surface area (Å²) in [4.78, 5) is 4.38. The summed E-state index contributed by atoms with van der Waals surface area (Å²) in [5.74, 6) is 1.96. The minimum absolute atomic E-state index is 0.00815. The van der Waals surface area contributed by atoms with E-state index in [1.807, 2.05) is 25.1 Å². The number of nitrogens with one attached hydrogen (secondary N) is 2. The second-order valence-corrected chi connectivity index (χ2v) is 9.89. The molecule has 8 heteroatoms. The van der Waals surface area contributed by atoms with Gasteiger partial charge in [0.25, 0.3) is 0 Å². The van der Waals surface area contributed by atoms with Gasteiger partial charge in [0.2, 0.25) is 0 Å². The Balaban J connectivity index is 2.07. The van der Waals surface area contributed by atoms with Crippen molar-refractivity contribution >= 4 is 21.5 Å². The van der Waals surface area contributed by atoms with Crippen molar-refractivity contribution in [2.75, 3.05) is 37.4 Å². The van der Waals surface area contributed by atoms with Crippen molar-refractivity contribution in [1.29, 1.82) is 0 Å². The van der Waals surface area contributed by atoms with Gasteiger partial charge in [-0.3, -0.25) is 4.99 Å². The van der Waals surface area contributed by atoms with E-state index in [9.17, 15) is 8.42 Å². The first kappa shape index (κ1) is 20.4. The second-order valence-electron chi connectivity index (χ2n) is 7.03. The topological polar surface area (TPSA) is 89.0 Å². The molecule has 0 fully saturated rings. The maximum atomic E-state index is 12.2. The normalized spacial score (nSPS) is 15.3. The summed E-state index contributed by atoms with van der Waals surface area (Å²) >= 11 is 0. The quantitative estimate of drug-likeness (QED) is 0.600. The molecule has 0 unspecified atom stereocenters. The summed E-state index contributed by atoms with van der Waals surface area (Å²) in [6, 6.07) is 5.60. The lowest BCUT2D eigenvalue weighted by Gasteiger charge is -2.18. The highest BCUT2D eigenvalue weighted by Crippen LogP contribution is 2.32. The van der Waals surface area contributed by atoms with Crippen molar-refractivity contribution < 1.29 is 17.9 Å². The van der Waals surface area contributed by atoms with E-state index in [2.05, 4.69) is 15.6 Å². The third kappa shape index (κ3) is 5.52. The van der Waals surface area contributed by atoms with Gasteiger partial charge in [0, 0.05) is 24.7 Å². The number of aliphatic imine (C=N–C) groups is 1. The van der Waals surface area contributed by atoms with Crippen LogP contribution in [-0.4, -0.2) is 51.2 Å². The predicted molar refractivity (Wildman–Crippen MR) is 105 cm³/mol. The molecule has 0 spiro atoms. The van der Waals surface area contributed by atoms with Crippen LogP contribution in [0.2, 0.25) is 0 Å². The Morgan fingerprint density at radius 3 is 2.54 bits per heavy atom. The fourth-order valence-corrected chi connectivity index (χ4v) is 3.21. The first-order valence-electron chi connectivity index (χ1n) is 8.90. The van der Waals surface area contributed by atoms with Crippen LogP contribution in [0.4, 0.5) is 5.69 Å². The van der Waals surface area contributed by atoms with Gasteiger partial charge in [0.15, 0.2) is 27.3 Å². The largest absolute Gasteiger partial charge is 0.490 e. The molecule has 1 aromatic rings. The molecule has 0 saturated carbocycles. The van der Waals surface area contributed by atoms with Crippen LogP contribution in [0, 0.1) is 0 Å². The number of ether oxygens (including phenoxy) is 2. The van der Waals surface area contributed by atoms with Gasteiger partial charge in [-0.2, -0.15) is 0 Å². The van der Waals surface area contributed by atoms with Crippen LogP contribution < -0.4 is 20.1 Å². The van der Waals surface area contributed by atoms with Crippen molar-refractivity contribution in [2.45, 2.75) is 38.9 Å². The summed E-state index contributed by atoms with van der Waals surface area (Å²) in [6.45, 7) is 9.19. The standard InChI is InChI=1S/C18H29N3O4S/c1-5-19-17(20-9-12-26(22,23)18(2,3)4)21-14-7-8-15-16(13-14)25-11-6-10-24-15/h7-8,13H,5-6,9-12H2,1-4H3,(H2,19,20,21). The van der Waals surface area contributed by atoms with E-state index in [-0.39, 0.29) is 12.3 Å². The molecule has 2 rings (SSSR count). The molecule has 0 radical (unpaired) electrons. The second kappa shape index (κ2) is 8.62. The molecule has 1 heterocycles. The number of benzene rings is 1. The SMILES string of the molecule is CCNC(=NCCS(=O)(=O)C(C)(C)C)Nc1ccc2c(c1)OCCCO2. The Hall–Kier alpha value is -1.96. The summed E-state index contributed by atoms with van der Waals surface area (Å²) in [7, 11) is -3.20. The van der Waals surface area contributed by atoms with Gasteiger partial charge >= 0.3 is 0 Å². The molecule has 0 aromatic heterocycles. The van der Waals surface area contributed by atoms with Crippen molar-refractivity contribution in [3.8, 4) is 11.5 Å². The van der Waals surface area contributed by atoms with Crippen molar-refractivity contribution in [3.05, 3.63) is 18.2 Å². The van der Waals surface area contributed by atoms with Crippen LogP contribution >= 0.6 is 0 Å². The lowest BCUT2D eigenvalue weighted by Crippen LogP contribution is -2.33. The summed E-state index contributed by atoms with van der Waals surface area (Å²) < 4.78 is 34.9. The van der Waals surface area contributed by atoms with Gasteiger partial charge in [-0.25, -0.2) is 8.42 Å². The highest BCUT2D eigenvalue weighted by atomic mass is 32.2. The van der Waals surface area contributed by atoms with E-state index in [4.69, 9.17) is 9.47 Å². The van der Waals surface area contributed by atoms with Crippen molar-refractivity contribution in [1.82, 2.24) is 5.32 Å². The molecule has 7 nitrogen and oxygen atoms in total. The van der Waals surface area contributed by atoms with Crippen molar-refractivity contribution in [2.24, 2.45) is 4.99 Å². The highest BCUT2D eigenvalue weighted by molar-refractivity contribution is 7.92. The molecule has 146 valence electrons. The first-order valence-corrected chi connectivity index (χ1v) is 10.6. The molecule has 0 amide bonds. The van der Waals surface area contributed by atoms with Gasteiger partial charge in [0.1, 0.15) is 0 Å². The van der Waals surface area contributed by atoms with Crippen LogP contribution in [0.15, 0.2) is 23.2 Å². The minimum Gasteiger partial charge on any atom is -0.490 e. The molecule has 2 N–H and O–H groups in total. The predicted octanol–water partition coefficient (Wildman–Crippen LogP) is 2.44. The van der Waals surface area contributed by atoms with Crippen LogP contribution in [0.3, 0.4) is 0 Å². The van der Waals surface area contributed by atoms with Crippen LogP contribution in [0.25, 0.3) is 0 Å². The van der Waals surface area contributed by atoms with Crippen LogP contribution in [0.1, 0.15) is 34.1 Å². The maximum Gasteiger partial charge on any atom is 0.195 e. The molecule has 1 aliphatic rings. The van der Waals surface area contributed by atoms with Gasteiger partial charge in [0.05, 0.1) is 30.3 Å². The molecule has 0 atom stereocenters. The Bertz CT molecular complexity index is 739. The molecule has 0 aliphatic carbocycles. The molecule has 1 aliphatic heterocycles. The molecule has 0 saturated heterocycles. The van der Waals surface area contributed by atoms with E-state index in [1.54, 1.807) is 20.8 Å². The number of anilines is 1. The van der Waals surface area contributed by atoms with Gasteiger partial charge in [-0.1, -0.05) is 0 Å². The smallest absolute Gasteiger partial charge is 0.195 e. The van der Waals surface area contributed by atoms with Crippen LogP contribution in [-0.2, 0) is 9.84 Å². The number of guanidine groups is 1. The van der Waals surface area contributed by atoms with E-state index in [1.165, 1.54) is 0 Å². The highest BCUT2D eigenvalue weighted by Gasteiger charge is 2.28. The lowest BCUT2D eigenvalue weighted by atomic mass is 10.3. The molecular weight excluding hydrogens is 354 g/mol. The lowest BCUT2D eigenvalue weighted by molar-refractivity contribution is 0.297. The van der Waals surface area contributed by atoms with Gasteiger partial charge < -0.3 is 20.1 Å². The maximum absolute atomic E-state index is 12.2. The first-order chi connectivity index (χ1) is 12.2. The summed E-state index contributed by atoms with van der Waals surface area (Å²) in [5, 5.41) is 6.30. The average molecular weight is 384 g/mol. The minimum atomic E-state index is -3.20. The van der Waals surface area contributed by atoms with Crippen LogP contribution in [0.5, 0.6) is 11.5 Å². The monoisotopic (exact) mass is 383 g/mol. The third-order valence-corrected chi connectivity index (χ3v) is 6.50. The van der Waals surface area contributed by atoms with E-state index < -0.39 is 14.6 Å². The molecule has 26 heavy (non-hydrogen) atoms. The van der Waals surface area contributed by atoms with E-state index in [0.717, 1.165) is 17.9 Å². The summed E-state index contributed by atoms with van der Waals surface area (Å²) in [5.41, 5.74) is 0.799. The Labute approximate surface area is 156 Å².